The van der Waals surface area contributed by atoms with Gasteiger partial charge >= 0.3 is 0 Å². The molecule has 4 heterocycles. The largest absolute Gasteiger partial charge is 0.310 e. The normalized spacial score (nSPS) is 33.9. The first kappa shape index (κ1) is 11.2. The molecule has 2 unspecified atom stereocenters. The fourth-order valence-corrected chi connectivity index (χ4v) is 3.11. The van der Waals surface area contributed by atoms with Gasteiger partial charge in [-0.2, -0.15) is 5.10 Å². The molecule has 5 nitrogen and oxygen atoms in total. The monoisotopic (exact) mass is 235 g/mol. The van der Waals surface area contributed by atoms with Gasteiger partial charge in [0.25, 0.3) is 0 Å². The van der Waals surface area contributed by atoms with Crippen molar-refractivity contribution >= 4 is 0 Å². The third kappa shape index (κ3) is 1.99. The van der Waals surface area contributed by atoms with Crippen molar-refractivity contribution in [1.82, 2.24) is 24.9 Å². The second-order valence-corrected chi connectivity index (χ2v) is 5.08. The number of likely N-dealkylation sites (N-methyl/N-ethyl adjacent to an activating group) is 1. The molecular formula is C12H21N5. The van der Waals surface area contributed by atoms with Crippen LogP contribution in [0.4, 0.5) is 0 Å². The third-order valence-corrected chi connectivity index (χ3v) is 4.07. The van der Waals surface area contributed by atoms with Crippen molar-refractivity contribution in [1.29, 1.82) is 0 Å². The van der Waals surface area contributed by atoms with Gasteiger partial charge in [0.05, 0.1) is 11.7 Å². The number of rotatable bonds is 3. The van der Waals surface area contributed by atoms with E-state index < -0.39 is 0 Å². The topological polar surface area (TPSA) is 36.3 Å². The van der Waals surface area contributed by atoms with Crippen LogP contribution >= 0.6 is 0 Å². The van der Waals surface area contributed by atoms with Crippen LogP contribution in [0.15, 0.2) is 12.3 Å². The van der Waals surface area contributed by atoms with E-state index in [-0.39, 0.29) is 0 Å². The lowest BCUT2D eigenvalue weighted by Crippen LogP contribution is -2.63. The number of hydrogen-bond donors (Lipinski definition) is 1. The van der Waals surface area contributed by atoms with E-state index in [9.17, 15) is 0 Å². The first-order valence-electron chi connectivity index (χ1n) is 6.41. The van der Waals surface area contributed by atoms with E-state index in [1.807, 2.05) is 25.0 Å². The Kier molecular flexibility index (Phi) is 2.90. The van der Waals surface area contributed by atoms with E-state index in [1.165, 1.54) is 32.7 Å². The fourth-order valence-electron chi connectivity index (χ4n) is 3.11. The van der Waals surface area contributed by atoms with Gasteiger partial charge in [-0.25, -0.2) is 0 Å². The van der Waals surface area contributed by atoms with Gasteiger partial charge in [-0.3, -0.25) is 14.5 Å². The summed E-state index contributed by atoms with van der Waals surface area (Å²) < 4.78 is 1.89. The van der Waals surface area contributed by atoms with E-state index in [2.05, 4.69) is 26.3 Å². The standard InChI is InChI=1S/C12H21N5/c1-13-12(10-3-4-15(2)14-10)11-9-16-5-7-17(11)8-6-16/h3-4,11-13H,5-9H2,1-2H3. The highest BCUT2D eigenvalue weighted by molar-refractivity contribution is 5.11. The second kappa shape index (κ2) is 4.40. The van der Waals surface area contributed by atoms with Crippen molar-refractivity contribution in [2.24, 2.45) is 7.05 Å². The average Bonchev–Trinajstić information content (AvgIpc) is 2.78. The smallest absolute Gasteiger partial charge is 0.0810 e. The lowest BCUT2D eigenvalue weighted by Gasteiger charge is -2.49. The van der Waals surface area contributed by atoms with E-state index >= 15 is 0 Å². The van der Waals surface area contributed by atoms with Crippen LogP contribution in [-0.2, 0) is 7.05 Å². The fraction of sp³-hybridized carbons (Fsp3) is 0.750. The zero-order valence-electron chi connectivity index (χ0n) is 10.6. The summed E-state index contributed by atoms with van der Waals surface area (Å²) in [6, 6.07) is 3.04. The number of nitrogens with zero attached hydrogens (tertiary/aromatic N) is 4. The summed E-state index contributed by atoms with van der Waals surface area (Å²) in [6.45, 7) is 6.04. The van der Waals surface area contributed by atoms with Crippen molar-refractivity contribution < 1.29 is 0 Å². The molecule has 1 N–H and O–H groups in total. The second-order valence-electron chi connectivity index (χ2n) is 5.08. The molecule has 2 atom stereocenters. The predicted octanol–water partition coefficient (Wildman–Crippen LogP) is -0.320. The molecule has 0 spiro atoms. The minimum absolute atomic E-state index is 0.347. The quantitative estimate of drug-likeness (QED) is 0.779. The summed E-state index contributed by atoms with van der Waals surface area (Å²) in [5.74, 6) is 0. The average molecular weight is 235 g/mol. The molecule has 2 bridgehead atoms. The van der Waals surface area contributed by atoms with Gasteiger partial charge in [-0.1, -0.05) is 0 Å². The molecule has 3 fully saturated rings. The Morgan fingerprint density at radius 3 is 2.59 bits per heavy atom. The summed E-state index contributed by atoms with van der Waals surface area (Å²) in [4.78, 5) is 5.17. The number of aromatic nitrogens is 2. The zero-order chi connectivity index (χ0) is 11.8. The summed E-state index contributed by atoms with van der Waals surface area (Å²) >= 11 is 0. The molecule has 5 heteroatoms. The van der Waals surface area contributed by atoms with Crippen LogP contribution in [0.25, 0.3) is 0 Å². The van der Waals surface area contributed by atoms with Crippen LogP contribution in [0.2, 0.25) is 0 Å². The zero-order valence-corrected chi connectivity index (χ0v) is 10.6. The van der Waals surface area contributed by atoms with Crippen LogP contribution in [0.3, 0.4) is 0 Å². The Labute approximate surface area is 102 Å². The van der Waals surface area contributed by atoms with Gasteiger partial charge in [-0.15, -0.1) is 0 Å². The Morgan fingerprint density at radius 1 is 1.35 bits per heavy atom. The molecule has 4 rings (SSSR count). The Bertz CT molecular complexity index is 380. The highest BCUT2D eigenvalue weighted by Gasteiger charge is 2.37. The maximum absolute atomic E-state index is 4.55. The van der Waals surface area contributed by atoms with Crippen molar-refractivity contribution in [2.45, 2.75) is 12.1 Å². The van der Waals surface area contributed by atoms with Gasteiger partial charge in [0, 0.05) is 52.0 Å². The molecule has 3 aliphatic rings. The van der Waals surface area contributed by atoms with E-state index in [0.29, 0.717) is 12.1 Å². The summed E-state index contributed by atoms with van der Waals surface area (Å²) in [5.41, 5.74) is 1.16. The summed E-state index contributed by atoms with van der Waals surface area (Å²) in [5, 5.41) is 7.99. The molecule has 0 saturated carbocycles. The first-order chi connectivity index (χ1) is 8.28. The van der Waals surface area contributed by atoms with Crippen LogP contribution in [0.1, 0.15) is 11.7 Å². The molecule has 0 radical (unpaired) electrons. The van der Waals surface area contributed by atoms with Crippen molar-refractivity contribution in [3.05, 3.63) is 18.0 Å². The van der Waals surface area contributed by atoms with Crippen LogP contribution in [0.5, 0.6) is 0 Å². The van der Waals surface area contributed by atoms with Crippen molar-refractivity contribution in [2.75, 3.05) is 39.8 Å². The van der Waals surface area contributed by atoms with Crippen LogP contribution in [0, 0.1) is 0 Å². The highest BCUT2D eigenvalue weighted by atomic mass is 15.4. The Morgan fingerprint density at radius 2 is 2.12 bits per heavy atom. The summed E-state index contributed by atoms with van der Waals surface area (Å²) in [7, 11) is 4.02. The molecule has 0 aromatic carbocycles. The summed E-state index contributed by atoms with van der Waals surface area (Å²) in [6.07, 6.45) is 2.02. The first-order valence-corrected chi connectivity index (χ1v) is 6.41. The van der Waals surface area contributed by atoms with Crippen molar-refractivity contribution in [3.63, 3.8) is 0 Å². The number of piperazine rings is 3. The number of aryl methyl sites for hydroxylation is 1. The van der Waals surface area contributed by atoms with Gasteiger partial charge in [0.1, 0.15) is 0 Å². The van der Waals surface area contributed by atoms with Crippen molar-refractivity contribution in [3.8, 4) is 0 Å². The number of hydrogen-bond acceptors (Lipinski definition) is 4. The Balaban J connectivity index is 1.81. The molecule has 3 aliphatic heterocycles. The van der Waals surface area contributed by atoms with Crippen LogP contribution < -0.4 is 5.32 Å². The maximum Gasteiger partial charge on any atom is 0.0810 e. The lowest BCUT2D eigenvalue weighted by atomic mass is 9.98. The van der Waals surface area contributed by atoms with Gasteiger partial charge in [-0.05, 0) is 13.1 Å². The molecule has 1 aromatic heterocycles. The predicted molar refractivity (Wildman–Crippen MR) is 66.8 cm³/mol. The number of fused-ring (bicyclic) bond motifs is 3. The molecular weight excluding hydrogens is 214 g/mol. The molecule has 0 amide bonds. The lowest BCUT2D eigenvalue weighted by molar-refractivity contribution is -0.00322. The van der Waals surface area contributed by atoms with Gasteiger partial charge < -0.3 is 5.32 Å². The minimum Gasteiger partial charge on any atom is -0.310 e. The molecule has 3 saturated heterocycles. The van der Waals surface area contributed by atoms with E-state index in [1.54, 1.807) is 0 Å². The molecule has 94 valence electrons. The third-order valence-electron chi connectivity index (χ3n) is 4.07. The molecule has 1 aromatic rings. The minimum atomic E-state index is 0.347. The molecule has 17 heavy (non-hydrogen) atoms. The SMILES string of the molecule is CNC(c1ccn(C)n1)C1CN2CCN1CC2. The van der Waals surface area contributed by atoms with Gasteiger partial charge in [0.15, 0.2) is 0 Å². The highest BCUT2D eigenvalue weighted by Crippen LogP contribution is 2.25. The van der Waals surface area contributed by atoms with E-state index in [0.717, 1.165) is 5.69 Å². The van der Waals surface area contributed by atoms with Crippen LogP contribution in [-0.4, -0.2) is 65.4 Å². The molecule has 0 aliphatic carbocycles. The Hall–Kier alpha value is -0.910. The number of nitrogens with one attached hydrogen (secondary N) is 1. The van der Waals surface area contributed by atoms with E-state index in [4.69, 9.17) is 0 Å². The van der Waals surface area contributed by atoms with Gasteiger partial charge in [0.2, 0.25) is 0 Å². The maximum atomic E-state index is 4.55.